The minimum atomic E-state index is -3.70. The van der Waals surface area contributed by atoms with E-state index in [0.717, 1.165) is 18.7 Å². The third kappa shape index (κ3) is 5.48. The summed E-state index contributed by atoms with van der Waals surface area (Å²) in [6.45, 7) is 6.74. The van der Waals surface area contributed by atoms with Crippen LogP contribution >= 0.6 is 0 Å². The first kappa shape index (κ1) is 21.1. The Balaban J connectivity index is 1.63. The van der Waals surface area contributed by atoms with Crippen LogP contribution in [0, 0.1) is 13.8 Å². The van der Waals surface area contributed by atoms with Gasteiger partial charge in [-0.3, -0.25) is 9.52 Å². The summed E-state index contributed by atoms with van der Waals surface area (Å²) in [4.78, 5) is 16.4. The van der Waals surface area contributed by atoms with Crippen LogP contribution in [-0.2, 0) is 14.8 Å². The number of carbonyl (C=O) groups excluding carboxylic acids is 1. The highest BCUT2D eigenvalue weighted by Gasteiger charge is 2.20. The zero-order valence-electron chi connectivity index (χ0n) is 17.0. The lowest BCUT2D eigenvalue weighted by atomic mass is 10.2. The molecule has 1 amide bonds. The lowest BCUT2D eigenvalue weighted by Gasteiger charge is -2.32. The van der Waals surface area contributed by atoms with Crippen molar-refractivity contribution in [1.29, 1.82) is 0 Å². The molecule has 8 heteroatoms. The summed E-state index contributed by atoms with van der Waals surface area (Å²) in [7, 11) is -1.67. The predicted molar refractivity (Wildman–Crippen MR) is 113 cm³/mol. The number of piperazine rings is 1. The van der Waals surface area contributed by atoms with Gasteiger partial charge in [0.05, 0.1) is 4.90 Å². The summed E-state index contributed by atoms with van der Waals surface area (Å²) in [5, 5.41) is 0. The van der Waals surface area contributed by atoms with Crippen LogP contribution in [0.1, 0.15) is 11.1 Å². The minimum Gasteiger partial charge on any atom is -0.483 e. The van der Waals surface area contributed by atoms with Crippen LogP contribution in [0.3, 0.4) is 0 Å². The summed E-state index contributed by atoms with van der Waals surface area (Å²) in [6.07, 6.45) is 0. The summed E-state index contributed by atoms with van der Waals surface area (Å²) >= 11 is 0. The van der Waals surface area contributed by atoms with Crippen LogP contribution in [0.4, 0.5) is 5.69 Å². The molecule has 1 N–H and O–H groups in total. The number of anilines is 1. The molecule has 156 valence electrons. The molecule has 0 aliphatic carbocycles. The number of sulfonamides is 1. The second-order valence-electron chi connectivity index (χ2n) is 7.37. The molecule has 1 aliphatic heterocycles. The normalized spacial score (nSPS) is 15.2. The maximum Gasteiger partial charge on any atom is 0.261 e. The first-order chi connectivity index (χ1) is 13.7. The summed E-state index contributed by atoms with van der Waals surface area (Å²) in [6, 6.07) is 11.8. The number of benzene rings is 2. The van der Waals surface area contributed by atoms with Crippen molar-refractivity contribution >= 4 is 21.6 Å². The van der Waals surface area contributed by atoms with E-state index in [4.69, 9.17) is 4.74 Å². The van der Waals surface area contributed by atoms with Gasteiger partial charge in [-0.2, -0.15) is 0 Å². The number of carbonyl (C=O) groups is 1. The molecule has 0 spiro atoms. The Kier molecular flexibility index (Phi) is 6.44. The Hall–Kier alpha value is -2.58. The summed E-state index contributed by atoms with van der Waals surface area (Å²) in [5.41, 5.74) is 2.21. The van der Waals surface area contributed by atoms with E-state index in [1.165, 1.54) is 6.07 Å². The third-order valence-electron chi connectivity index (χ3n) is 4.97. The lowest BCUT2D eigenvalue weighted by Crippen LogP contribution is -2.48. The zero-order chi connectivity index (χ0) is 21.0. The van der Waals surface area contributed by atoms with E-state index in [1.54, 1.807) is 36.1 Å². The molecule has 0 aromatic heterocycles. The molecule has 7 nitrogen and oxygen atoms in total. The van der Waals surface area contributed by atoms with Crippen molar-refractivity contribution in [2.45, 2.75) is 18.7 Å². The molecule has 0 atom stereocenters. The maximum absolute atomic E-state index is 12.6. The third-order valence-corrected chi connectivity index (χ3v) is 6.35. The van der Waals surface area contributed by atoms with Crippen molar-refractivity contribution in [2.75, 3.05) is 44.6 Å². The molecule has 0 saturated carbocycles. The Morgan fingerprint density at radius 2 is 1.69 bits per heavy atom. The van der Waals surface area contributed by atoms with Crippen LogP contribution in [0.5, 0.6) is 5.75 Å². The summed E-state index contributed by atoms with van der Waals surface area (Å²) in [5.74, 6) is 0.442. The van der Waals surface area contributed by atoms with Gasteiger partial charge in [-0.05, 0) is 56.8 Å². The van der Waals surface area contributed by atoms with E-state index < -0.39 is 10.0 Å². The van der Waals surface area contributed by atoms with Crippen LogP contribution in [-0.4, -0.2) is 64.0 Å². The van der Waals surface area contributed by atoms with Crippen molar-refractivity contribution in [3.63, 3.8) is 0 Å². The van der Waals surface area contributed by atoms with Gasteiger partial charge in [-0.25, -0.2) is 8.42 Å². The topological polar surface area (TPSA) is 78.9 Å². The van der Waals surface area contributed by atoms with Gasteiger partial charge in [0, 0.05) is 31.9 Å². The van der Waals surface area contributed by atoms with Gasteiger partial charge in [0.25, 0.3) is 15.9 Å². The smallest absolute Gasteiger partial charge is 0.261 e. The highest BCUT2D eigenvalue weighted by molar-refractivity contribution is 7.92. The standard InChI is InChI=1S/C21H27N3O4S/c1-16-4-6-18(7-5-16)22-29(26,27)19-8-9-20(17(2)14-19)28-15-21(25)24-12-10-23(3)11-13-24/h4-9,14,22H,10-13,15H2,1-3H3. The van der Waals surface area contributed by atoms with E-state index in [0.29, 0.717) is 30.1 Å². The largest absolute Gasteiger partial charge is 0.483 e. The fourth-order valence-corrected chi connectivity index (χ4v) is 4.22. The SMILES string of the molecule is Cc1ccc(NS(=O)(=O)c2ccc(OCC(=O)N3CCN(C)CC3)c(C)c2)cc1. The molecule has 0 unspecified atom stereocenters. The average molecular weight is 418 g/mol. The van der Waals surface area contributed by atoms with Gasteiger partial charge < -0.3 is 14.5 Å². The highest BCUT2D eigenvalue weighted by Crippen LogP contribution is 2.24. The van der Waals surface area contributed by atoms with Gasteiger partial charge in [0.15, 0.2) is 6.61 Å². The van der Waals surface area contributed by atoms with Gasteiger partial charge in [0.2, 0.25) is 0 Å². The van der Waals surface area contributed by atoms with E-state index in [2.05, 4.69) is 9.62 Å². The molecule has 1 aliphatic rings. The number of aryl methyl sites for hydroxylation is 2. The number of likely N-dealkylation sites (N-methyl/N-ethyl adjacent to an activating group) is 1. The maximum atomic E-state index is 12.6. The fourth-order valence-electron chi connectivity index (χ4n) is 3.07. The van der Waals surface area contributed by atoms with E-state index in [1.807, 2.05) is 26.1 Å². The minimum absolute atomic E-state index is 0.0573. The quantitative estimate of drug-likeness (QED) is 0.780. The molecule has 29 heavy (non-hydrogen) atoms. The van der Waals surface area contributed by atoms with Gasteiger partial charge in [-0.1, -0.05) is 17.7 Å². The molecule has 2 aromatic rings. The Morgan fingerprint density at radius 1 is 1.03 bits per heavy atom. The Morgan fingerprint density at radius 3 is 2.31 bits per heavy atom. The first-order valence-electron chi connectivity index (χ1n) is 9.54. The van der Waals surface area contributed by atoms with E-state index >= 15 is 0 Å². The number of nitrogens with zero attached hydrogens (tertiary/aromatic N) is 2. The molecule has 0 bridgehead atoms. The highest BCUT2D eigenvalue weighted by atomic mass is 32.2. The number of amides is 1. The van der Waals surface area contributed by atoms with E-state index in [-0.39, 0.29) is 17.4 Å². The Bertz CT molecular complexity index is 966. The van der Waals surface area contributed by atoms with Crippen LogP contribution < -0.4 is 9.46 Å². The Labute approximate surface area is 172 Å². The number of ether oxygens (including phenoxy) is 1. The lowest BCUT2D eigenvalue weighted by molar-refractivity contribution is -0.134. The van der Waals surface area contributed by atoms with Crippen molar-refractivity contribution in [1.82, 2.24) is 9.80 Å². The molecule has 1 saturated heterocycles. The van der Waals surface area contributed by atoms with Crippen LogP contribution in [0.25, 0.3) is 0 Å². The van der Waals surface area contributed by atoms with Gasteiger partial charge in [0.1, 0.15) is 5.75 Å². The predicted octanol–water partition coefficient (Wildman–Crippen LogP) is 2.26. The second-order valence-corrected chi connectivity index (χ2v) is 9.05. The van der Waals surface area contributed by atoms with Crippen molar-refractivity contribution in [3.8, 4) is 5.75 Å². The molecular formula is C21H27N3O4S. The molecule has 3 rings (SSSR count). The molecule has 1 heterocycles. The second kappa shape index (κ2) is 8.84. The fraction of sp³-hybridized carbons (Fsp3) is 0.381. The van der Waals surface area contributed by atoms with Gasteiger partial charge in [-0.15, -0.1) is 0 Å². The molecule has 0 radical (unpaired) electrons. The van der Waals surface area contributed by atoms with Crippen molar-refractivity contribution < 1.29 is 17.9 Å². The van der Waals surface area contributed by atoms with Crippen LogP contribution in [0.2, 0.25) is 0 Å². The molecular weight excluding hydrogens is 390 g/mol. The van der Waals surface area contributed by atoms with Gasteiger partial charge >= 0.3 is 0 Å². The number of hydrogen-bond donors (Lipinski definition) is 1. The van der Waals surface area contributed by atoms with Crippen molar-refractivity contribution in [3.05, 3.63) is 53.6 Å². The monoisotopic (exact) mass is 417 g/mol. The first-order valence-corrected chi connectivity index (χ1v) is 11.0. The zero-order valence-corrected chi connectivity index (χ0v) is 17.8. The number of hydrogen-bond acceptors (Lipinski definition) is 5. The summed E-state index contributed by atoms with van der Waals surface area (Å²) < 4.78 is 33.5. The van der Waals surface area contributed by atoms with E-state index in [9.17, 15) is 13.2 Å². The number of nitrogens with one attached hydrogen (secondary N) is 1. The average Bonchev–Trinajstić information content (AvgIpc) is 2.69. The van der Waals surface area contributed by atoms with Crippen LogP contribution in [0.15, 0.2) is 47.4 Å². The van der Waals surface area contributed by atoms with Crippen molar-refractivity contribution in [2.24, 2.45) is 0 Å². The molecule has 1 fully saturated rings. The number of rotatable bonds is 6. The molecule has 2 aromatic carbocycles.